The van der Waals surface area contributed by atoms with Gasteiger partial charge < -0.3 is 10.1 Å². The molecule has 2 rings (SSSR count). The van der Waals surface area contributed by atoms with Crippen molar-refractivity contribution >= 4 is 21.6 Å². The van der Waals surface area contributed by atoms with Gasteiger partial charge in [-0.1, -0.05) is 13.0 Å². The number of methoxy groups -OCH3 is 1. The summed E-state index contributed by atoms with van der Waals surface area (Å²) in [6, 6.07) is 7.83. The minimum absolute atomic E-state index is 0.0339. The molecule has 0 atom stereocenters. The lowest BCUT2D eigenvalue weighted by molar-refractivity contribution is -0.137. The van der Waals surface area contributed by atoms with E-state index in [4.69, 9.17) is 4.74 Å². The second-order valence-corrected chi connectivity index (χ2v) is 7.14. The molecule has 27 heavy (non-hydrogen) atoms. The Morgan fingerprint density at radius 2 is 1.85 bits per heavy atom. The van der Waals surface area contributed by atoms with Crippen molar-refractivity contribution in [2.24, 2.45) is 0 Å². The first kappa shape index (κ1) is 20.7. The molecule has 0 aromatic heterocycles. The van der Waals surface area contributed by atoms with Crippen LogP contribution in [0.5, 0.6) is 5.75 Å². The highest BCUT2D eigenvalue weighted by Gasteiger charge is 2.30. The van der Waals surface area contributed by atoms with Crippen molar-refractivity contribution in [3.63, 3.8) is 0 Å². The van der Waals surface area contributed by atoms with Gasteiger partial charge in [-0.3, -0.25) is 4.79 Å². The number of hydrogen-bond acceptors (Lipinski definition) is 4. The van der Waals surface area contributed by atoms with Gasteiger partial charge in [-0.25, -0.2) is 13.1 Å². The van der Waals surface area contributed by atoms with Gasteiger partial charge in [0.25, 0.3) is 5.91 Å². The van der Waals surface area contributed by atoms with Gasteiger partial charge in [0.1, 0.15) is 10.6 Å². The molecule has 6 nitrogen and oxygen atoms in total. The molecule has 0 spiro atoms. The van der Waals surface area contributed by atoms with Gasteiger partial charge >= 0.3 is 6.18 Å². The molecule has 0 aliphatic carbocycles. The molecule has 2 aromatic carbocycles. The first-order chi connectivity index (χ1) is 12.6. The van der Waals surface area contributed by atoms with E-state index in [0.29, 0.717) is 0 Å². The third-order valence-corrected chi connectivity index (χ3v) is 5.06. The minimum Gasteiger partial charge on any atom is -0.495 e. The Balaban J connectivity index is 2.35. The molecule has 1 amide bonds. The first-order valence-electron chi connectivity index (χ1n) is 7.75. The van der Waals surface area contributed by atoms with Crippen LogP contribution in [-0.4, -0.2) is 28.0 Å². The quantitative estimate of drug-likeness (QED) is 0.777. The molecule has 2 aromatic rings. The van der Waals surface area contributed by atoms with E-state index in [0.717, 1.165) is 24.3 Å². The van der Waals surface area contributed by atoms with Gasteiger partial charge in [0.2, 0.25) is 10.0 Å². The average molecular weight is 402 g/mol. The summed E-state index contributed by atoms with van der Waals surface area (Å²) in [5.74, 6) is -0.725. The summed E-state index contributed by atoms with van der Waals surface area (Å²) in [4.78, 5) is 12.1. The average Bonchev–Trinajstić information content (AvgIpc) is 2.60. The normalized spacial score (nSPS) is 11.9. The number of ether oxygens (including phenoxy) is 1. The van der Waals surface area contributed by atoms with E-state index < -0.39 is 27.7 Å². The molecule has 0 aliphatic heterocycles. The molecule has 0 heterocycles. The van der Waals surface area contributed by atoms with Gasteiger partial charge in [-0.15, -0.1) is 0 Å². The van der Waals surface area contributed by atoms with Crippen LogP contribution in [0.4, 0.5) is 18.9 Å². The largest absolute Gasteiger partial charge is 0.495 e. The number of carbonyl (C=O) groups excluding carboxylic acids is 1. The maximum atomic E-state index is 12.8. The van der Waals surface area contributed by atoms with Crippen LogP contribution < -0.4 is 14.8 Å². The number of rotatable bonds is 6. The highest BCUT2D eigenvalue weighted by molar-refractivity contribution is 7.89. The van der Waals surface area contributed by atoms with Crippen molar-refractivity contribution in [2.45, 2.75) is 18.0 Å². The van der Waals surface area contributed by atoms with Crippen molar-refractivity contribution in [3.8, 4) is 5.75 Å². The molecule has 0 unspecified atom stereocenters. The topological polar surface area (TPSA) is 84.5 Å². The van der Waals surface area contributed by atoms with Gasteiger partial charge in [0.15, 0.2) is 0 Å². The van der Waals surface area contributed by atoms with Gasteiger partial charge in [-0.05, 0) is 36.4 Å². The van der Waals surface area contributed by atoms with Crippen LogP contribution in [0.3, 0.4) is 0 Å². The Kier molecular flexibility index (Phi) is 6.11. The maximum absolute atomic E-state index is 12.8. The molecule has 146 valence electrons. The summed E-state index contributed by atoms with van der Waals surface area (Å²) in [6.07, 6.45) is -4.55. The number of anilines is 1. The summed E-state index contributed by atoms with van der Waals surface area (Å²) in [5.41, 5.74) is -1.03. The van der Waals surface area contributed by atoms with E-state index in [1.165, 1.54) is 25.3 Å². The van der Waals surface area contributed by atoms with E-state index in [9.17, 15) is 26.4 Å². The molecule has 0 radical (unpaired) electrons. The monoisotopic (exact) mass is 402 g/mol. The Labute approximate surface area is 154 Å². The van der Waals surface area contributed by atoms with Crippen LogP contribution in [-0.2, 0) is 16.2 Å². The third kappa shape index (κ3) is 4.98. The van der Waals surface area contributed by atoms with E-state index in [1.807, 2.05) is 0 Å². The molecule has 10 heteroatoms. The maximum Gasteiger partial charge on any atom is 0.416 e. The first-order valence-corrected chi connectivity index (χ1v) is 9.23. The molecule has 0 fully saturated rings. The van der Waals surface area contributed by atoms with Gasteiger partial charge in [0.05, 0.1) is 12.7 Å². The summed E-state index contributed by atoms with van der Waals surface area (Å²) in [7, 11) is -2.63. The molecular formula is C17H17F3N2O4S. The van der Waals surface area contributed by atoms with E-state index in [1.54, 1.807) is 6.92 Å². The fourth-order valence-electron chi connectivity index (χ4n) is 2.27. The van der Waals surface area contributed by atoms with Gasteiger partial charge in [-0.2, -0.15) is 13.2 Å². The molecule has 0 saturated heterocycles. The van der Waals surface area contributed by atoms with Crippen molar-refractivity contribution in [1.29, 1.82) is 0 Å². The highest BCUT2D eigenvalue weighted by Crippen LogP contribution is 2.31. The molecule has 0 aliphatic rings. The number of sulfonamides is 1. The lowest BCUT2D eigenvalue weighted by Gasteiger charge is -2.13. The van der Waals surface area contributed by atoms with E-state index in [2.05, 4.69) is 10.0 Å². The Bertz CT molecular complexity index is 943. The second-order valence-electron chi connectivity index (χ2n) is 5.40. The molecule has 0 bridgehead atoms. The number of amides is 1. The van der Waals surface area contributed by atoms with Gasteiger partial charge in [0, 0.05) is 17.8 Å². The predicted octanol–water partition coefficient (Wildman–Crippen LogP) is 3.26. The summed E-state index contributed by atoms with van der Waals surface area (Å²) in [6.45, 7) is 1.72. The van der Waals surface area contributed by atoms with Crippen molar-refractivity contribution in [3.05, 3.63) is 53.6 Å². The van der Waals surface area contributed by atoms with Crippen molar-refractivity contribution in [2.75, 3.05) is 19.0 Å². The number of alkyl halides is 3. The van der Waals surface area contributed by atoms with E-state index >= 15 is 0 Å². The van der Waals surface area contributed by atoms with E-state index in [-0.39, 0.29) is 28.4 Å². The van der Waals surface area contributed by atoms with Crippen LogP contribution >= 0.6 is 0 Å². The molecular weight excluding hydrogens is 385 g/mol. The van der Waals surface area contributed by atoms with Crippen molar-refractivity contribution in [1.82, 2.24) is 4.72 Å². The fourth-order valence-corrected chi connectivity index (χ4v) is 3.51. The summed E-state index contributed by atoms with van der Waals surface area (Å²) < 4.78 is 70.1. The third-order valence-electron chi connectivity index (χ3n) is 3.50. The molecule has 2 N–H and O–H groups in total. The Morgan fingerprint density at radius 3 is 2.44 bits per heavy atom. The number of nitrogens with one attached hydrogen (secondary N) is 2. The van der Waals surface area contributed by atoms with Crippen LogP contribution in [0.1, 0.15) is 22.8 Å². The van der Waals surface area contributed by atoms with Crippen LogP contribution in [0.15, 0.2) is 47.4 Å². The van der Waals surface area contributed by atoms with Crippen LogP contribution in [0.25, 0.3) is 0 Å². The van der Waals surface area contributed by atoms with Crippen molar-refractivity contribution < 1.29 is 31.1 Å². The zero-order chi connectivity index (χ0) is 20.2. The number of halogens is 3. The Morgan fingerprint density at radius 1 is 1.15 bits per heavy atom. The standard InChI is InChI=1S/C17H17F3N2O4S/c1-3-21-27(24,25)15-9-11(7-8-14(15)26-2)16(23)22-13-6-4-5-12(10-13)17(18,19)20/h4-10,21H,3H2,1-2H3,(H,22,23). The summed E-state index contributed by atoms with van der Waals surface area (Å²) in [5, 5.41) is 2.32. The lowest BCUT2D eigenvalue weighted by atomic mass is 10.1. The number of hydrogen-bond donors (Lipinski definition) is 2. The van der Waals surface area contributed by atoms with Crippen LogP contribution in [0.2, 0.25) is 0 Å². The highest BCUT2D eigenvalue weighted by atomic mass is 32.2. The summed E-state index contributed by atoms with van der Waals surface area (Å²) >= 11 is 0. The predicted molar refractivity (Wildman–Crippen MR) is 93.3 cm³/mol. The minimum atomic E-state index is -4.55. The second kappa shape index (κ2) is 7.97. The SMILES string of the molecule is CCNS(=O)(=O)c1cc(C(=O)Nc2cccc(C(F)(F)F)c2)ccc1OC. The fraction of sp³-hybridized carbons (Fsp3) is 0.235. The zero-order valence-corrected chi connectivity index (χ0v) is 15.2. The zero-order valence-electron chi connectivity index (χ0n) is 14.4. The van der Waals surface area contributed by atoms with Crippen LogP contribution in [0, 0.1) is 0 Å². The lowest BCUT2D eigenvalue weighted by Crippen LogP contribution is -2.24. The number of benzene rings is 2. The number of carbonyl (C=O) groups is 1. The smallest absolute Gasteiger partial charge is 0.416 e. The molecule has 0 saturated carbocycles. The Hall–Kier alpha value is -2.59.